The van der Waals surface area contributed by atoms with Crippen molar-refractivity contribution in [3.8, 4) is 5.75 Å². The number of pyridine rings is 1. The van der Waals surface area contributed by atoms with Crippen LogP contribution in [0.2, 0.25) is 0 Å². The lowest BCUT2D eigenvalue weighted by molar-refractivity contribution is -0.134. The molecule has 0 unspecified atom stereocenters. The van der Waals surface area contributed by atoms with Gasteiger partial charge < -0.3 is 14.8 Å². The number of hydrogen-bond acceptors (Lipinski definition) is 5. The van der Waals surface area contributed by atoms with E-state index >= 15 is 0 Å². The molecular weight excluding hydrogens is 308 g/mol. The highest BCUT2D eigenvalue weighted by Crippen LogP contribution is 2.33. The Hall–Kier alpha value is -2.41. The molecule has 0 aliphatic carbocycles. The van der Waals surface area contributed by atoms with E-state index in [1.54, 1.807) is 36.4 Å². The SMILES string of the molecule is COc1ccncc1CNC(=O)[C@@H]1CCCO[C@H]1c1cnn(C)c1. The van der Waals surface area contributed by atoms with Gasteiger partial charge in [-0.3, -0.25) is 14.5 Å². The Morgan fingerprint density at radius 3 is 3.12 bits per heavy atom. The van der Waals surface area contributed by atoms with Gasteiger partial charge in [0.05, 0.1) is 25.3 Å². The van der Waals surface area contributed by atoms with E-state index in [2.05, 4.69) is 15.4 Å². The molecule has 1 aliphatic rings. The minimum atomic E-state index is -0.247. The molecule has 1 aliphatic heterocycles. The summed E-state index contributed by atoms with van der Waals surface area (Å²) in [6.07, 6.45) is 8.47. The Kier molecular flexibility index (Phi) is 5.10. The number of rotatable bonds is 5. The fourth-order valence-corrected chi connectivity index (χ4v) is 3.02. The van der Waals surface area contributed by atoms with Gasteiger partial charge in [0.25, 0.3) is 0 Å². The maximum Gasteiger partial charge on any atom is 0.226 e. The van der Waals surface area contributed by atoms with Gasteiger partial charge in [0.2, 0.25) is 5.91 Å². The second-order valence-electron chi connectivity index (χ2n) is 5.89. The minimum absolute atomic E-state index is 0.0190. The van der Waals surface area contributed by atoms with Crippen LogP contribution in [0.15, 0.2) is 30.9 Å². The topological polar surface area (TPSA) is 78.3 Å². The zero-order chi connectivity index (χ0) is 16.9. The number of hydrogen-bond donors (Lipinski definition) is 1. The third-order valence-corrected chi connectivity index (χ3v) is 4.24. The van der Waals surface area contributed by atoms with Crippen molar-refractivity contribution in [2.24, 2.45) is 13.0 Å². The predicted octanol–water partition coefficient (Wildman–Crippen LogP) is 1.61. The average molecular weight is 330 g/mol. The van der Waals surface area contributed by atoms with Crippen molar-refractivity contribution in [3.63, 3.8) is 0 Å². The number of nitrogens with one attached hydrogen (secondary N) is 1. The highest BCUT2D eigenvalue weighted by atomic mass is 16.5. The number of amides is 1. The van der Waals surface area contributed by atoms with Crippen molar-refractivity contribution in [1.82, 2.24) is 20.1 Å². The van der Waals surface area contributed by atoms with Crippen molar-refractivity contribution >= 4 is 5.91 Å². The number of nitrogens with zero attached hydrogens (tertiary/aromatic N) is 3. The lowest BCUT2D eigenvalue weighted by atomic mass is 9.90. The molecule has 0 bridgehead atoms. The van der Waals surface area contributed by atoms with E-state index in [1.807, 2.05) is 13.2 Å². The van der Waals surface area contributed by atoms with Gasteiger partial charge in [-0.25, -0.2) is 0 Å². The fraction of sp³-hybridized carbons (Fsp3) is 0.471. The molecule has 7 heteroatoms. The molecule has 3 heterocycles. The molecule has 0 aromatic carbocycles. The first-order valence-electron chi connectivity index (χ1n) is 8.03. The Balaban J connectivity index is 1.68. The van der Waals surface area contributed by atoms with E-state index in [9.17, 15) is 4.79 Å². The first kappa shape index (κ1) is 16.4. The summed E-state index contributed by atoms with van der Waals surface area (Å²) in [5, 5.41) is 7.17. The molecule has 128 valence electrons. The molecular formula is C17H22N4O3. The molecule has 7 nitrogen and oxygen atoms in total. The molecule has 0 spiro atoms. The summed E-state index contributed by atoms with van der Waals surface area (Å²) in [4.78, 5) is 16.8. The van der Waals surface area contributed by atoms with Gasteiger partial charge in [-0.1, -0.05) is 0 Å². The van der Waals surface area contributed by atoms with Gasteiger partial charge in [-0.2, -0.15) is 5.10 Å². The molecule has 2 aromatic heterocycles. The van der Waals surface area contributed by atoms with E-state index in [-0.39, 0.29) is 17.9 Å². The molecule has 1 amide bonds. The van der Waals surface area contributed by atoms with Gasteiger partial charge in [-0.05, 0) is 18.9 Å². The first-order chi connectivity index (χ1) is 11.7. The van der Waals surface area contributed by atoms with Gasteiger partial charge in [-0.15, -0.1) is 0 Å². The molecule has 3 rings (SSSR count). The summed E-state index contributed by atoms with van der Waals surface area (Å²) in [5.41, 5.74) is 1.79. The average Bonchev–Trinajstić information content (AvgIpc) is 3.06. The van der Waals surface area contributed by atoms with Crippen LogP contribution in [-0.2, 0) is 23.1 Å². The summed E-state index contributed by atoms with van der Waals surface area (Å²) in [5.74, 6) is 0.481. The number of carbonyl (C=O) groups is 1. The standard InChI is InChI=1S/C17H22N4O3/c1-21-11-13(10-20-21)16-14(4-3-7-24-16)17(22)19-9-12-8-18-6-5-15(12)23-2/h5-6,8,10-11,14,16H,3-4,7,9H2,1-2H3,(H,19,22)/t14-,16+/m1/s1. The number of ether oxygens (including phenoxy) is 2. The zero-order valence-electron chi connectivity index (χ0n) is 13.9. The first-order valence-corrected chi connectivity index (χ1v) is 8.03. The molecule has 1 fully saturated rings. The van der Waals surface area contributed by atoms with Gasteiger partial charge >= 0.3 is 0 Å². The van der Waals surface area contributed by atoms with Crippen LogP contribution in [0.4, 0.5) is 0 Å². The number of carbonyl (C=O) groups excluding carboxylic acids is 1. The molecule has 1 N–H and O–H groups in total. The molecule has 0 radical (unpaired) electrons. The zero-order valence-corrected chi connectivity index (χ0v) is 13.9. The van der Waals surface area contributed by atoms with Crippen LogP contribution in [0.5, 0.6) is 5.75 Å². The van der Waals surface area contributed by atoms with Crippen molar-refractivity contribution in [1.29, 1.82) is 0 Å². The maximum atomic E-state index is 12.7. The third kappa shape index (κ3) is 3.56. The summed E-state index contributed by atoms with van der Waals surface area (Å²) >= 11 is 0. The van der Waals surface area contributed by atoms with Crippen LogP contribution >= 0.6 is 0 Å². The van der Waals surface area contributed by atoms with Crippen molar-refractivity contribution < 1.29 is 14.3 Å². The van der Waals surface area contributed by atoms with Crippen LogP contribution in [0, 0.1) is 5.92 Å². The van der Waals surface area contributed by atoms with Gasteiger partial charge in [0.1, 0.15) is 5.75 Å². The Morgan fingerprint density at radius 2 is 2.38 bits per heavy atom. The Labute approximate surface area is 141 Å². The lowest BCUT2D eigenvalue weighted by Crippen LogP contribution is -2.37. The second kappa shape index (κ2) is 7.44. The van der Waals surface area contributed by atoms with Crippen LogP contribution in [0.25, 0.3) is 0 Å². The molecule has 1 saturated heterocycles. The highest BCUT2D eigenvalue weighted by Gasteiger charge is 2.33. The minimum Gasteiger partial charge on any atom is -0.496 e. The summed E-state index contributed by atoms with van der Waals surface area (Å²) in [6, 6.07) is 1.78. The molecule has 24 heavy (non-hydrogen) atoms. The third-order valence-electron chi connectivity index (χ3n) is 4.24. The largest absolute Gasteiger partial charge is 0.496 e. The second-order valence-corrected chi connectivity index (χ2v) is 5.89. The Bertz CT molecular complexity index is 701. The fourth-order valence-electron chi connectivity index (χ4n) is 3.02. The smallest absolute Gasteiger partial charge is 0.226 e. The lowest BCUT2D eigenvalue weighted by Gasteiger charge is -2.30. The maximum absolute atomic E-state index is 12.7. The van der Waals surface area contributed by atoms with Crippen LogP contribution in [0.3, 0.4) is 0 Å². The Morgan fingerprint density at radius 1 is 1.50 bits per heavy atom. The van der Waals surface area contributed by atoms with Crippen molar-refractivity contribution in [3.05, 3.63) is 42.0 Å². The van der Waals surface area contributed by atoms with E-state index < -0.39 is 0 Å². The van der Waals surface area contributed by atoms with Gasteiger partial charge in [0, 0.05) is 49.9 Å². The van der Waals surface area contributed by atoms with Crippen LogP contribution < -0.4 is 10.1 Å². The van der Waals surface area contributed by atoms with E-state index in [0.717, 1.165) is 24.0 Å². The summed E-state index contributed by atoms with van der Waals surface area (Å²) in [6.45, 7) is 1.05. The van der Waals surface area contributed by atoms with Crippen LogP contribution in [-0.4, -0.2) is 34.4 Å². The quantitative estimate of drug-likeness (QED) is 0.901. The van der Waals surface area contributed by atoms with Crippen LogP contribution in [0.1, 0.15) is 30.1 Å². The van der Waals surface area contributed by atoms with Crippen molar-refractivity contribution in [2.45, 2.75) is 25.5 Å². The molecule has 0 saturated carbocycles. The normalized spacial score (nSPS) is 20.6. The van der Waals surface area contributed by atoms with E-state index in [0.29, 0.717) is 18.9 Å². The van der Waals surface area contributed by atoms with Gasteiger partial charge in [0.15, 0.2) is 0 Å². The van der Waals surface area contributed by atoms with Crippen molar-refractivity contribution in [2.75, 3.05) is 13.7 Å². The molecule has 2 aromatic rings. The predicted molar refractivity (Wildman–Crippen MR) is 87.3 cm³/mol. The summed E-state index contributed by atoms with van der Waals surface area (Å²) < 4.78 is 12.9. The van der Waals surface area contributed by atoms with E-state index in [4.69, 9.17) is 9.47 Å². The molecule has 2 atom stereocenters. The number of methoxy groups -OCH3 is 1. The highest BCUT2D eigenvalue weighted by molar-refractivity contribution is 5.79. The summed E-state index contributed by atoms with van der Waals surface area (Å²) in [7, 11) is 3.46. The number of aryl methyl sites for hydroxylation is 1. The van der Waals surface area contributed by atoms with E-state index in [1.165, 1.54) is 0 Å². The number of aromatic nitrogens is 3. The monoisotopic (exact) mass is 330 g/mol.